The molecule has 0 atom stereocenters. The third-order valence-electron chi connectivity index (χ3n) is 3.46. The van der Waals surface area contributed by atoms with Crippen molar-refractivity contribution in [1.82, 2.24) is 0 Å². The maximum Gasteiger partial charge on any atom is 0.372 e. The molecule has 0 spiro atoms. The van der Waals surface area contributed by atoms with Gasteiger partial charge in [-0.05, 0) is 24.0 Å². The van der Waals surface area contributed by atoms with E-state index in [0.717, 1.165) is 22.3 Å². The Morgan fingerprint density at radius 2 is 2.00 bits per heavy atom. The lowest BCUT2D eigenvalue weighted by Gasteiger charge is -2.20. The quantitative estimate of drug-likeness (QED) is 0.920. The first-order valence-electron chi connectivity index (χ1n) is 6.66. The second kappa shape index (κ2) is 4.85. The summed E-state index contributed by atoms with van der Waals surface area (Å²) < 4.78 is 11.0. The largest absolute Gasteiger partial charge is 0.497 e. The number of hydrogen-bond donors (Lipinski definition) is 1. The highest BCUT2D eigenvalue weighted by Gasteiger charge is 2.26. The van der Waals surface area contributed by atoms with Crippen LogP contribution in [-0.4, -0.2) is 18.2 Å². The van der Waals surface area contributed by atoms with E-state index in [1.165, 1.54) is 0 Å². The summed E-state index contributed by atoms with van der Waals surface area (Å²) in [6.07, 6.45) is 0.603. The van der Waals surface area contributed by atoms with Crippen LogP contribution < -0.4 is 4.74 Å². The average Bonchev–Trinajstić information content (AvgIpc) is 2.74. The first-order chi connectivity index (χ1) is 9.29. The van der Waals surface area contributed by atoms with E-state index < -0.39 is 5.97 Å². The van der Waals surface area contributed by atoms with Crippen molar-refractivity contribution in [3.05, 3.63) is 29.0 Å². The van der Waals surface area contributed by atoms with Crippen LogP contribution in [0.1, 0.15) is 49.4 Å². The number of ether oxygens (including phenoxy) is 1. The summed E-state index contributed by atoms with van der Waals surface area (Å²) >= 11 is 0. The summed E-state index contributed by atoms with van der Waals surface area (Å²) in [6.45, 7) is 8.12. The van der Waals surface area contributed by atoms with E-state index in [1.54, 1.807) is 7.11 Å². The molecule has 0 saturated carbocycles. The highest BCUT2D eigenvalue weighted by molar-refractivity contribution is 5.97. The summed E-state index contributed by atoms with van der Waals surface area (Å²) in [5.41, 5.74) is 2.16. The number of aromatic carboxylic acids is 1. The monoisotopic (exact) mass is 276 g/mol. The van der Waals surface area contributed by atoms with Gasteiger partial charge in [0.25, 0.3) is 0 Å². The SMILES string of the molecule is CCc1c(C(=O)O)oc2c(C(C)(C)C)cc(OC)cc12. The molecule has 20 heavy (non-hydrogen) atoms. The lowest BCUT2D eigenvalue weighted by molar-refractivity contribution is 0.0663. The van der Waals surface area contributed by atoms with Crippen LogP contribution in [0.3, 0.4) is 0 Å². The molecule has 0 aliphatic rings. The zero-order chi connectivity index (χ0) is 15.1. The van der Waals surface area contributed by atoms with Crippen molar-refractivity contribution in [3.8, 4) is 5.75 Å². The molecule has 0 aliphatic carbocycles. The number of hydrogen-bond acceptors (Lipinski definition) is 3. The van der Waals surface area contributed by atoms with Crippen LogP contribution in [0.15, 0.2) is 16.5 Å². The van der Waals surface area contributed by atoms with E-state index in [-0.39, 0.29) is 11.2 Å². The van der Waals surface area contributed by atoms with Crippen molar-refractivity contribution >= 4 is 16.9 Å². The van der Waals surface area contributed by atoms with Gasteiger partial charge in [0.2, 0.25) is 5.76 Å². The maximum atomic E-state index is 11.3. The third-order valence-corrected chi connectivity index (χ3v) is 3.46. The van der Waals surface area contributed by atoms with Crippen molar-refractivity contribution in [3.63, 3.8) is 0 Å². The minimum absolute atomic E-state index is 0.0289. The first kappa shape index (κ1) is 14.4. The normalized spacial score (nSPS) is 11.8. The van der Waals surface area contributed by atoms with Crippen molar-refractivity contribution in [2.75, 3.05) is 7.11 Å². The minimum Gasteiger partial charge on any atom is -0.497 e. The number of carboxylic acid groups (broad SMARTS) is 1. The standard InChI is InChI=1S/C16H20O4/c1-6-10-11-7-9(19-5)8-12(16(2,3)4)13(11)20-14(10)15(17)18/h7-8H,6H2,1-5H3,(H,17,18). The zero-order valence-electron chi connectivity index (χ0n) is 12.5. The Balaban J connectivity index is 2.90. The second-order valence-corrected chi connectivity index (χ2v) is 5.87. The van der Waals surface area contributed by atoms with Gasteiger partial charge in [-0.25, -0.2) is 4.79 Å². The summed E-state index contributed by atoms with van der Waals surface area (Å²) in [4.78, 5) is 11.3. The van der Waals surface area contributed by atoms with E-state index in [1.807, 2.05) is 19.1 Å². The molecule has 2 rings (SSSR count). The molecular formula is C16H20O4. The molecule has 0 saturated heterocycles. The van der Waals surface area contributed by atoms with Gasteiger partial charge in [0.15, 0.2) is 0 Å². The molecule has 0 bridgehead atoms. The highest BCUT2D eigenvalue weighted by Crippen LogP contribution is 2.38. The van der Waals surface area contributed by atoms with Crippen LogP contribution in [0.25, 0.3) is 11.0 Å². The molecule has 0 fully saturated rings. The molecule has 4 nitrogen and oxygen atoms in total. The Morgan fingerprint density at radius 3 is 2.45 bits per heavy atom. The van der Waals surface area contributed by atoms with E-state index >= 15 is 0 Å². The van der Waals surface area contributed by atoms with E-state index in [4.69, 9.17) is 9.15 Å². The van der Waals surface area contributed by atoms with Crippen molar-refractivity contribution < 1.29 is 19.1 Å². The number of rotatable bonds is 3. The van der Waals surface area contributed by atoms with Crippen LogP contribution in [0.4, 0.5) is 0 Å². The number of fused-ring (bicyclic) bond motifs is 1. The number of benzene rings is 1. The molecule has 0 radical (unpaired) electrons. The molecule has 2 aromatic rings. The third kappa shape index (κ3) is 2.26. The number of furan rings is 1. The molecule has 108 valence electrons. The van der Waals surface area contributed by atoms with Crippen molar-refractivity contribution in [2.45, 2.75) is 39.5 Å². The van der Waals surface area contributed by atoms with Gasteiger partial charge in [-0.3, -0.25) is 0 Å². The molecular weight excluding hydrogens is 256 g/mol. The minimum atomic E-state index is -1.03. The van der Waals surface area contributed by atoms with Gasteiger partial charge in [0.05, 0.1) is 7.11 Å². The fourth-order valence-corrected chi connectivity index (χ4v) is 2.42. The summed E-state index contributed by atoms with van der Waals surface area (Å²) in [7, 11) is 1.61. The Bertz CT molecular complexity index is 659. The molecule has 1 N–H and O–H groups in total. The van der Waals surface area contributed by atoms with Gasteiger partial charge < -0.3 is 14.3 Å². The summed E-state index contributed by atoms with van der Waals surface area (Å²) in [5, 5.41) is 10.1. The topological polar surface area (TPSA) is 59.7 Å². The zero-order valence-corrected chi connectivity index (χ0v) is 12.5. The number of carboxylic acids is 1. The van der Waals surface area contributed by atoms with Gasteiger partial charge in [0, 0.05) is 16.5 Å². The van der Waals surface area contributed by atoms with E-state index in [9.17, 15) is 9.90 Å². The Hall–Kier alpha value is -1.97. The molecule has 0 unspecified atom stereocenters. The number of aryl methyl sites for hydroxylation is 1. The molecule has 1 heterocycles. The Kier molecular flexibility index (Phi) is 3.50. The maximum absolute atomic E-state index is 11.3. The van der Waals surface area contributed by atoms with Gasteiger partial charge in [-0.2, -0.15) is 0 Å². The van der Waals surface area contributed by atoms with Crippen LogP contribution in [0.5, 0.6) is 5.75 Å². The molecule has 0 amide bonds. The van der Waals surface area contributed by atoms with E-state index in [0.29, 0.717) is 12.0 Å². The average molecular weight is 276 g/mol. The van der Waals surface area contributed by atoms with Crippen LogP contribution in [0, 0.1) is 0 Å². The first-order valence-corrected chi connectivity index (χ1v) is 6.66. The molecule has 0 aliphatic heterocycles. The number of methoxy groups -OCH3 is 1. The van der Waals surface area contributed by atoms with Crippen molar-refractivity contribution in [1.29, 1.82) is 0 Å². The lowest BCUT2D eigenvalue weighted by Crippen LogP contribution is -2.11. The predicted octanol–water partition coefficient (Wildman–Crippen LogP) is 4.00. The number of carbonyl (C=O) groups is 1. The Labute approximate surface area is 118 Å². The highest BCUT2D eigenvalue weighted by atomic mass is 16.5. The van der Waals surface area contributed by atoms with Gasteiger partial charge in [-0.15, -0.1) is 0 Å². The summed E-state index contributed by atoms with van der Waals surface area (Å²) in [6, 6.07) is 3.76. The fourth-order valence-electron chi connectivity index (χ4n) is 2.42. The smallest absolute Gasteiger partial charge is 0.372 e. The van der Waals surface area contributed by atoms with Gasteiger partial charge in [0.1, 0.15) is 11.3 Å². The van der Waals surface area contributed by atoms with Crippen LogP contribution in [0.2, 0.25) is 0 Å². The second-order valence-electron chi connectivity index (χ2n) is 5.87. The Morgan fingerprint density at radius 1 is 1.35 bits per heavy atom. The van der Waals surface area contributed by atoms with E-state index in [2.05, 4.69) is 20.8 Å². The van der Waals surface area contributed by atoms with Gasteiger partial charge in [-0.1, -0.05) is 27.7 Å². The molecule has 1 aromatic heterocycles. The predicted molar refractivity (Wildman–Crippen MR) is 77.8 cm³/mol. The van der Waals surface area contributed by atoms with Crippen molar-refractivity contribution in [2.24, 2.45) is 0 Å². The fraction of sp³-hybridized carbons (Fsp3) is 0.438. The van der Waals surface area contributed by atoms with Crippen LogP contribution >= 0.6 is 0 Å². The molecule has 4 heteroatoms. The van der Waals surface area contributed by atoms with Crippen LogP contribution in [-0.2, 0) is 11.8 Å². The molecule has 1 aromatic carbocycles. The lowest BCUT2D eigenvalue weighted by atomic mass is 9.85. The van der Waals surface area contributed by atoms with Gasteiger partial charge >= 0.3 is 5.97 Å². The summed E-state index contributed by atoms with van der Waals surface area (Å²) in [5.74, 6) is -0.284.